The number of halogens is 20. The lowest BCUT2D eigenvalue weighted by Gasteiger charge is -2.44. The van der Waals surface area contributed by atoms with Crippen molar-refractivity contribution in [3.63, 3.8) is 0 Å². The average molecular weight is 918 g/mol. The molecule has 0 aliphatic heterocycles. The van der Waals surface area contributed by atoms with Crippen LogP contribution in [-0.4, -0.2) is 16.9 Å². The fraction of sp³-hybridized carbons (Fsp3) is 0.0513. The van der Waals surface area contributed by atoms with Gasteiger partial charge in [-0.2, -0.15) is 4.57 Å². The first kappa shape index (κ1) is 47.3. The number of benzene rings is 5. The maximum atomic E-state index is 15.4. The van der Waals surface area contributed by atoms with E-state index in [1.165, 1.54) is 0 Å². The van der Waals surface area contributed by atoms with Crippen LogP contribution < -0.4 is 26.4 Å². The van der Waals surface area contributed by atoms with Crippen LogP contribution in [0.1, 0.15) is 23.0 Å². The molecule has 0 N–H and O–H groups in total. The molecule has 0 saturated heterocycles. The van der Waals surface area contributed by atoms with Crippen molar-refractivity contribution in [1.29, 1.82) is 0 Å². The standard InChI is InChI=1S/C24BF20.C15H15N2O/c26-5-1(6(27)14(35)21(42)13(5)34)25(2-7(28)15(36)22(43)16(37)8(2)29,3-9(30)17(38)23(44)18(39)10(3)31)4-11(32)19(40)24(45)20(41)12(4)33;1-2-6-14-11-16-9-10-17(14)12-15(18)13-7-4-3-5-8-13/h;2-11H,12H2,1H3/q-1;+1. The van der Waals surface area contributed by atoms with Crippen molar-refractivity contribution in [2.75, 3.05) is 0 Å². The summed E-state index contributed by atoms with van der Waals surface area (Å²) in [6.07, 6.45) is 1.90. The molecule has 0 aliphatic carbocycles. The zero-order valence-corrected chi connectivity index (χ0v) is 30.4. The number of rotatable bonds is 8. The van der Waals surface area contributed by atoms with E-state index in [0.717, 1.165) is 11.3 Å². The van der Waals surface area contributed by atoms with Crippen molar-refractivity contribution in [2.45, 2.75) is 13.5 Å². The number of hydrogen-bond acceptors (Lipinski definition) is 2. The van der Waals surface area contributed by atoms with Gasteiger partial charge in [0.1, 0.15) is 52.7 Å². The molecule has 0 unspecified atom stereocenters. The molecule has 0 radical (unpaired) electrons. The summed E-state index contributed by atoms with van der Waals surface area (Å²) in [4.78, 5) is 16.2. The molecule has 0 spiro atoms. The molecule has 3 nitrogen and oxygen atoms in total. The maximum absolute atomic E-state index is 15.4. The van der Waals surface area contributed by atoms with Gasteiger partial charge in [0.05, 0.1) is 12.4 Å². The van der Waals surface area contributed by atoms with Crippen LogP contribution in [0.15, 0.2) is 55.0 Å². The smallest absolute Gasteiger partial charge is 0.227 e. The van der Waals surface area contributed by atoms with Crippen molar-refractivity contribution < 1.29 is 97.2 Å². The lowest BCUT2D eigenvalue weighted by molar-refractivity contribution is -0.685. The van der Waals surface area contributed by atoms with Gasteiger partial charge >= 0.3 is 0 Å². The third-order valence-electron chi connectivity index (χ3n) is 9.33. The molecule has 0 saturated carbocycles. The van der Waals surface area contributed by atoms with E-state index in [4.69, 9.17) is 0 Å². The minimum Gasteiger partial charge on any atom is -0.287 e. The molecule has 1 aromatic heterocycles. The SMILES string of the molecule is CC=Cc1cncc[n+]1CC(=O)c1ccccc1.Fc1c(F)c(F)c([B-](c2c(F)c(F)c(F)c(F)c2F)(c2c(F)c(F)c(F)c(F)c2F)c2c(F)c(F)c(F)c(F)c2F)c(F)c1F. The van der Waals surface area contributed by atoms with Gasteiger partial charge in [-0.3, -0.25) is 9.78 Å². The summed E-state index contributed by atoms with van der Waals surface area (Å²) in [7, 11) is 0. The number of carbonyl (C=O) groups excluding carboxylic acids is 1. The number of allylic oxidation sites excluding steroid dienone is 1. The van der Waals surface area contributed by atoms with Crippen molar-refractivity contribution >= 4 is 39.9 Å². The predicted octanol–water partition coefficient (Wildman–Crippen LogP) is 8.13. The fourth-order valence-electron chi connectivity index (χ4n) is 6.60. The van der Waals surface area contributed by atoms with Gasteiger partial charge in [0.15, 0.2) is 76.0 Å². The van der Waals surface area contributed by atoms with E-state index in [2.05, 4.69) is 4.98 Å². The molecule has 0 aliphatic rings. The summed E-state index contributed by atoms with van der Waals surface area (Å²) in [5, 5.41) is 0. The Morgan fingerprint density at radius 3 is 1.05 bits per heavy atom. The molecular formula is C39H15BF20N2O. The van der Waals surface area contributed by atoms with E-state index >= 15 is 35.1 Å². The highest BCUT2D eigenvalue weighted by molar-refractivity contribution is 7.20. The summed E-state index contributed by atoms with van der Waals surface area (Å²) in [5.74, 6) is -71.3. The molecule has 5 aromatic carbocycles. The molecule has 24 heteroatoms. The van der Waals surface area contributed by atoms with Crippen LogP contribution in [0.4, 0.5) is 87.8 Å². The van der Waals surface area contributed by atoms with Crippen molar-refractivity contribution in [1.82, 2.24) is 4.98 Å². The Hall–Kier alpha value is -6.75. The van der Waals surface area contributed by atoms with Gasteiger partial charge in [0.25, 0.3) is 0 Å². The number of nitrogens with zero attached hydrogens (tertiary/aromatic N) is 2. The molecule has 63 heavy (non-hydrogen) atoms. The van der Waals surface area contributed by atoms with E-state index in [-0.39, 0.29) is 5.78 Å². The third kappa shape index (κ3) is 7.64. The van der Waals surface area contributed by atoms with Crippen LogP contribution in [0, 0.1) is 116 Å². The molecule has 0 amide bonds. The zero-order valence-electron chi connectivity index (χ0n) is 30.4. The first-order valence-electron chi connectivity index (χ1n) is 16.8. The molecule has 330 valence electrons. The monoisotopic (exact) mass is 918 g/mol. The number of Topliss-reactive ketones (excluding diaryl/α,β-unsaturated/α-hetero) is 1. The second-order valence-electron chi connectivity index (χ2n) is 12.7. The molecule has 1 heterocycles. The molecule has 0 bridgehead atoms. The predicted molar refractivity (Wildman–Crippen MR) is 179 cm³/mol. The molecule has 0 atom stereocenters. The van der Waals surface area contributed by atoms with Gasteiger partial charge in [0.2, 0.25) is 18.0 Å². The Morgan fingerprint density at radius 1 is 0.476 bits per heavy atom. The van der Waals surface area contributed by atoms with Gasteiger partial charge < -0.3 is 0 Å². The van der Waals surface area contributed by atoms with E-state index in [0.29, 0.717) is 6.54 Å². The van der Waals surface area contributed by atoms with E-state index < -0.39 is 144 Å². The Bertz CT molecular complexity index is 2470. The summed E-state index contributed by atoms with van der Waals surface area (Å²) >= 11 is 0. The lowest BCUT2D eigenvalue weighted by atomic mass is 9.12. The highest BCUT2D eigenvalue weighted by Gasteiger charge is 2.52. The van der Waals surface area contributed by atoms with Crippen LogP contribution in [-0.2, 0) is 6.54 Å². The molecule has 6 rings (SSSR count). The van der Waals surface area contributed by atoms with Crippen molar-refractivity contribution in [2.24, 2.45) is 0 Å². The molecule has 6 aromatic rings. The van der Waals surface area contributed by atoms with Gasteiger partial charge in [0, 0.05) is 11.6 Å². The van der Waals surface area contributed by atoms with Crippen molar-refractivity contribution in [3.05, 3.63) is 183 Å². The van der Waals surface area contributed by atoms with E-state index in [1.54, 1.807) is 12.4 Å². The number of hydrogen-bond donors (Lipinski definition) is 0. The Morgan fingerprint density at radius 2 is 0.762 bits per heavy atom. The Balaban J connectivity index is 0.000000345. The third-order valence-corrected chi connectivity index (χ3v) is 9.33. The van der Waals surface area contributed by atoms with Crippen LogP contribution in [0.3, 0.4) is 0 Å². The summed E-state index contributed by atoms with van der Waals surface area (Å²) in [6.45, 7) is 2.27. The van der Waals surface area contributed by atoms with Crippen LogP contribution in [0.5, 0.6) is 0 Å². The maximum Gasteiger partial charge on any atom is 0.227 e. The minimum atomic E-state index is -7.22. The summed E-state index contributed by atoms with van der Waals surface area (Å²) in [5.41, 5.74) is -12.7. The highest BCUT2D eigenvalue weighted by Crippen LogP contribution is 2.30. The second-order valence-corrected chi connectivity index (χ2v) is 12.7. The lowest BCUT2D eigenvalue weighted by Crippen LogP contribution is -2.81. The number of aromatic nitrogens is 2. The number of ketones is 1. The highest BCUT2D eigenvalue weighted by atomic mass is 19.2. The fourth-order valence-corrected chi connectivity index (χ4v) is 6.60. The minimum absolute atomic E-state index is 0.0950. The summed E-state index contributed by atoms with van der Waals surface area (Å²) in [6, 6.07) is 9.31. The quantitative estimate of drug-likeness (QED) is 0.0387. The van der Waals surface area contributed by atoms with Gasteiger partial charge in [-0.15, -0.1) is 21.9 Å². The van der Waals surface area contributed by atoms with Gasteiger partial charge in [-0.25, -0.2) is 87.8 Å². The molecule has 0 fully saturated rings. The van der Waals surface area contributed by atoms with E-state index in [9.17, 15) is 57.5 Å². The topological polar surface area (TPSA) is 33.8 Å². The summed E-state index contributed by atoms with van der Waals surface area (Å²) < 4.78 is 296. The molecular weight excluding hydrogens is 903 g/mol. The first-order chi connectivity index (χ1) is 29.5. The Labute approximate surface area is 338 Å². The normalized spacial score (nSPS) is 11.6. The van der Waals surface area contributed by atoms with Gasteiger partial charge in [-0.1, -0.05) is 36.4 Å². The largest absolute Gasteiger partial charge is 0.287 e. The van der Waals surface area contributed by atoms with Gasteiger partial charge in [-0.05, 0) is 6.92 Å². The van der Waals surface area contributed by atoms with Crippen LogP contribution >= 0.6 is 0 Å². The first-order valence-corrected chi connectivity index (χ1v) is 16.8. The zero-order chi connectivity index (χ0) is 47.2. The number of carbonyl (C=O) groups is 1. The van der Waals surface area contributed by atoms with Crippen LogP contribution in [0.2, 0.25) is 0 Å². The second kappa shape index (κ2) is 17.9. The van der Waals surface area contributed by atoms with Crippen LogP contribution in [0.25, 0.3) is 6.08 Å². The average Bonchev–Trinajstić information content (AvgIpc) is 3.27. The van der Waals surface area contributed by atoms with Crippen molar-refractivity contribution in [3.8, 4) is 0 Å². The Kier molecular flexibility index (Phi) is 13.5. The van der Waals surface area contributed by atoms with E-state index in [1.807, 2.05) is 60.2 Å².